The average Bonchev–Trinajstić information content (AvgIpc) is 2.67. The second kappa shape index (κ2) is 6.35. The van der Waals surface area contributed by atoms with E-state index in [9.17, 15) is 14.0 Å². The van der Waals surface area contributed by atoms with Crippen LogP contribution < -0.4 is 5.32 Å². The monoisotopic (exact) mass is 342 g/mol. The van der Waals surface area contributed by atoms with Gasteiger partial charge in [-0.2, -0.15) is 0 Å². The molecule has 0 bridgehead atoms. The summed E-state index contributed by atoms with van der Waals surface area (Å²) in [5, 5.41) is 2.81. The standard InChI is InChI=1S/C14H16BrFN2O2/c1-18-8-11(7-14(18)20)17-13(19)5-3-9-2-4-10(15)6-12(9)16/h2,4,6,11H,3,5,7-8H2,1H3,(H,17,19)/t11-/m1/s1. The van der Waals surface area contributed by atoms with Crippen LogP contribution in [0, 0.1) is 5.82 Å². The highest BCUT2D eigenvalue weighted by Gasteiger charge is 2.27. The van der Waals surface area contributed by atoms with Crippen molar-refractivity contribution in [3.8, 4) is 0 Å². The molecule has 0 saturated carbocycles. The number of hydrogen-bond acceptors (Lipinski definition) is 2. The van der Waals surface area contributed by atoms with Gasteiger partial charge in [-0.3, -0.25) is 9.59 Å². The van der Waals surface area contributed by atoms with Gasteiger partial charge in [0.05, 0.1) is 6.04 Å². The summed E-state index contributed by atoms with van der Waals surface area (Å²) in [4.78, 5) is 24.7. The van der Waals surface area contributed by atoms with Crippen molar-refractivity contribution in [2.24, 2.45) is 0 Å². The number of rotatable bonds is 4. The molecule has 0 aliphatic carbocycles. The van der Waals surface area contributed by atoms with Crippen LogP contribution in [-0.2, 0) is 16.0 Å². The summed E-state index contributed by atoms with van der Waals surface area (Å²) in [6.45, 7) is 0.539. The van der Waals surface area contributed by atoms with E-state index in [1.165, 1.54) is 6.07 Å². The van der Waals surface area contributed by atoms with Gasteiger partial charge >= 0.3 is 0 Å². The lowest BCUT2D eigenvalue weighted by Gasteiger charge is -2.12. The quantitative estimate of drug-likeness (QED) is 0.907. The fourth-order valence-electron chi connectivity index (χ4n) is 2.23. The van der Waals surface area contributed by atoms with Crippen LogP contribution in [0.2, 0.25) is 0 Å². The maximum absolute atomic E-state index is 13.6. The third-order valence-electron chi connectivity index (χ3n) is 3.34. The van der Waals surface area contributed by atoms with E-state index in [1.807, 2.05) is 0 Å². The molecule has 0 radical (unpaired) electrons. The van der Waals surface area contributed by atoms with Gasteiger partial charge in [-0.1, -0.05) is 22.0 Å². The van der Waals surface area contributed by atoms with Crippen molar-refractivity contribution in [2.45, 2.75) is 25.3 Å². The minimum Gasteiger partial charge on any atom is -0.351 e. The highest BCUT2D eigenvalue weighted by molar-refractivity contribution is 9.10. The molecule has 0 spiro atoms. The Labute approximate surface area is 125 Å². The number of nitrogens with zero attached hydrogens (tertiary/aromatic N) is 1. The van der Waals surface area contributed by atoms with Crippen LogP contribution in [0.25, 0.3) is 0 Å². The van der Waals surface area contributed by atoms with Crippen LogP contribution in [0.5, 0.6) is 0 Å². The Morgan fingerprint density at radius 3 is 2.90 bits per heavy atom. The van der Waals surface area contributed by atoms with Gasteiger partial charge in [-0.05, 0) is 24.1 Å². The molecule has 20 heavy (non-hydrogen) atoms. The minimum atomic E-state index is -0.317. The van der Waals surface area contributed by atoms with Crippen molar-refractivity contribution in [2.75, 3.05) is 13.6 Å². The normalized spacial score (nSPS) is 18.4. The van der Waals surface area contributed by atoms with Crippen LogP contribution >= 0.6 is 15.9 Å². The van der Waals surface area contributed by atoms with Crippen molar-refractivity contribution in [3.05, 3.63) is 34.1 Å². The van der Waals surface area contributed by atoms with E-state index >= 15 is 0 Å². The van der Waals surface area contributed by atoms with Crippen LogP contribution in [0.4, 0.5) is 4.39 Å². The molecule has 0 unspecified atom stereocenters. The molecule has 1 aliphatic heterocycles. The number of likely N-dealkylation sites (N-methyl/N-ethyl adjacent to an activating group) is 1. The van der Waals surface area contributed by atoms with Crippen molar-refractivity contribution in [1.82, 2.24) is 10.2 Å². The first-order valence-corrected chi connectivity index (χ1v) is 7.22. The van der Waals surface area contributed by atoms with Gasteiger partial charge in [0.1, 0.15) is 5.82 Å². The van der Waals surface area contributed by atoms with E-state index in [-0.39, 0.29) is 30.1 Å². The maximum Gasteiger partial charge on any atom is 0.224 e. The molecule has 2 rings (SSSR count). The molecule has 108 valence electrons. The van der Waals surface area contributed by atoms with Gasteiger partial charge in [-0.25, -0.2) is 4.39 Å². The molecule has 4 nitrogen and oxygen atoms in total. The molecular formula is C14H16BrFN2O2. The Bertz CT molecular complexity index is 536. The summed E-state index contributed by atoms with van der Waals surface area (Å²) >= 11 is 3.19. The molecule has 1 atom stereocenters. The molecular weight excluding hydrogens is 327 g/mol. The number of carbonyl (C=O) groups is 2. The van der Waals surface area contributed by atoms with Gasteiger partial charge < -0.3 is 10.2 Å². The molecule has 1 aliphatic rings. The molecule has 6 heteroatoms. The number of aryl methyl sites for hydroxylation is 1. The maximum atomic E-state index is 13.6. The van der Waals surface area contributed by atoms with Crippen LogP contribution in [0.1, 0.15) is 18.4 Å². The molecule has 1 aromatic carbocycles. The number of hydrogen-bond donors (Lipinski definition) is 1. The van der Waals surface area contributed by atoms with Gasteiger partial charge in [-0.15, -0.1) is 0 Å². The number of carbonyl (C=O) groups excluding carboxylic acids is 2. The van der Waals surface area contributed by atoms with E-state index in [4.69, 9.17) is 0 Å². The van der Waals surface area contributed by atoms with Crippen molar-refractivity contribution in [1.29, 1.82) is 0 Å². The second-order valence-corrected chi connectivity index (χ2v) is 5.89. The van der Waals surface area contributed by atoms with Gasteiger partial charge in [0.25, 0.3) is 0 Å². The molecule has 1 aromatic rings. The lowest BCUT2D eigenvalue weighted by molar-refractivity contribution is -0.126. The fraction of sp³-hybridized carbons (Fsp3) is 0.429. The summed E-state index contributed by atoms with van der Waals surface area (Å²) in [6.07, 6.45) is 0.906. The van der Waals surface area contributed by atoms with E-state index in [2.05, 4.69) is 21.2 Å². The Morgan fingerprint density at radius 2 is 2.30 bits per heavy atom. The predicted octanol–water partition coefficient (Wildman–Crippen LogP) is 1.87. The first-order chi connectivity index (χ1) is 9.45. The van der Waals surface area contributed by atoms with Gasteiger partial charge in [0.2, 0.25) is 11.8 Å². The highest BCUT2D eigenvalue weighted by Crippen LogP contribution is 2.16. The zero-order valence-corrected chi connectivity index (χ0v) is 12.7. The zero-order chi connectivity index (χ0) is 14.7. The van der Waals surface area contributed by atoms with E-state index in [1.54, 1.807) is 24.1 Å². The predicted molar refractivity (Wildman–Crippen MR) is 76.6 cm³/mol. The van der Waals surface area contributed by atoms with E-state index in [0.717, 1.165) is 0 Å². The highest BCUT2D eigenvalue weighted by atomic mass is 79.9. The van der Waals surface area contributed by atoms with Gasteiger partial charge in [0, 0.05) is 30.9 Å². The first kappa shape index (κ1) is 15.0. The van der Waals surface area contributed by atoms with Crippen molar-refractivity contribution in [3.63, 3.8) is 0 Å². The summed E-state index contributed by atoms with van der Waals surface area (Å²) in [7, 11) is 1.71. The lowest BCUT2D eigenvalue weighted by atomic mass is 10.1. The SMILES string of the molecule is CN1C[C@H](NC(=O)CCc2ccc(Br)cc2F)CC1=O. The Balaban J connectivity index is 1.82. The number of likely N-dealkylation sites (tertiary alicyclic amines) is 1. The topological polar surface area (TPSA) is 49.4 Å². The summed E-state index contributed by atoms with van der Waals surface area (Å²) in [5.41, 5.74) is 0.517. The molecule has 2 amide bonds. The number of benzene rings is 1. The third-order valence-corrected chi connectivity index (χ3v) is 3.84. The Morgan fingerprint density at radius 1 is 1.55 bits per heavy atom. The van der Waals surface area contributed by atoms with Crippen molar-refractivity contribution >= 4 is 27.7 Å². The fourth-order valence-corrected chi connectivity index (χ4v) is 2.57. The Hall–Kier alpha value is -1.43. The molecule has 1 saturated heterocycles. The van der Waals surface area contributed by atoms with E-state index < -0.39 is 0 Å². The number of halogens is 2. The summed E-state index contributed by atoms with van der Waals surface area (Å²) < 4.78 is 14.3. The van der Waals surface area contributed by atoms with E-state index in [0.29, 0.717) is 29.4 Å². The first-order valence-electron chi connectivity index (χ1n) is 6.43. The van der Waals surface area contributed by atoms with Crippen LogP contribution in [0.15, 0.2) is 22.7 Å². The zero-order valence-electron chi connectivity index (χ0n) is 11.2. The summed E-state index contributed by atoms with van der Waals surface area (Å²) in [5.74, 6) is -0.433. The average molecular weight is 343 g/mol. The molecule has 1 heterocycles. The summed E-state index contributed by atoms with van der Waals surface area (Å²) in [6, 6.07) is 4.67. The minimum absolute atomic E-state index is 0.0363. The smallest absolute Gasteiger partial charge is 0.224 e. The lowest BCUT2D eigenvalue weighted by Crippen LogP contribution is -2.36. The van der Waals surface area contributed by atoms with Crippen LogP contribution in [-0.4, -0.2) is 36.3 Å². The largest absolute Gasteiger partial charge is 0.351 e. The molecule has 1 fully saturated rings. The molecule has 0 aromatic heterocycles. The second-order valence-electron chi connectivity index (χ2n) is 4.98. The van der Waals surface area contributed by atoms with Crippen molar-refractivity contribution < 1.29 is 14.0 Å². The Kier molecular flexibility index (Phi) is 4.75. The number of amides is 2. The number of nitrogens with one attached hydrogen (secondary N) is 1. The van der Waals surface area contributed by atoms with Gasteiger partial charge in [0.15, 0.2) is 0 Å². The third kappa shape index (κ3) is 3.79. The molecule has 1 N–H and O–H groups in total. The van der Waals surface area contributed by atoms with Crippen LogP contribution in [0.3, 0.4) is 0 Å².